The lowest BCUT2D eigenvalue weighted by Crippen LogP contribution is -2.35. The standard InChI is InChI=1S/C16H15ClN2O2/c1-9-6-11-7-12(18)3-4-14(11)19(9)16(21)10-2-5-15(20)13(17)8-10/h2-5,7-9,20H,6,18H2,1H3. The number of benzene rings is 2. The second kappa shape index (κ2) is 4.97. The van der Waals surface area contributed by atoms with Gasteiger partial charge in [0.15, 0.2) is 0 Å². The normalized spacial score (nSPS) is 16.9. The number of phenolic OH excluding ortho intramolecular Hbond substituents is 1. The van der Waals surface area contributed by atoms with E-state index in [1.165, 1.54) is 12.1 Å². The molecule has 1 aliphatic heterocycles. The van der Waals surface area contributed by atoms with Crippen LogP contribution >= 0.6 is 11.6 Å². The van der Waals surface area contributed by atoms with Gasteiger partial charge in [0, 0.05) is 23.0 Å². The number of fused-ring (bicyclic) bond motifs is 1. The third kappa shape index (κ3) is 2.32. The minimum absolute atomic E-state index is 0.0316. The van der Waals surface area contributed by atoms with E-state index < -0.39 is 0 Å². The first-order chi connectivity index (χ1) is 9.97. The van der Waals surface area contributed by atoms with E-state index in [4.69, 9.17) is 17.3 Å². The van der Waals surface area contributed by atoms with Crippen molar-refractivity contribution in [2.75, 3.05) is 10.6 Å². The number of phenols is 1. The average molecular weight is 303 g/mol. The molecule has 0 aliphatic carbocycles. The molecule has 1 amide bonds. The third-order valence-electron chi connectivity index (χ3n) is 3.73. The van der Waals surface area contributed by atoms with Gasteiger partial charge in [-0.05, 0) is 55.3 Å². The molecule has 0 saturated heterocycles. The van der Waals surface area contributed by atoms with Crippen molar-refractivity contribution in [3.8, 4) is 5.75 Å². The van der Waals surface area contributed by atoms with Gasteiger partial charge in [-0.15, -0.1) is 0 Å². The molecule has 0 saturated carbocycles. The number of rotatable bonds is 1. The smallest absolute Gasteiger partial charge is 0.258 e. The van der Waals surface area contributed by atoms with E-state index in [0.717, 1.165) is 17.7 Å². The maximum Gasteiger partial charge on any atom is 0.258 e. The number of anilines is 2. The molecular weight excluding hydrogens is 288 g/mol. The summed E-state index contributed by atoms with van der Waals surface area (Å²) in [5, 5.41) is 9.63. The summed E-state index contributed by atoms with van der Waals surface area (Å²) < 4.78 is 0. The lowest BCUT2D eigenvalue weighted by molar-refractivity contribution is 0.0981. The van der Waals surface area contributed by atoms with E-state index >= 15 is 0 Å². The number of hydrogen-bond donors (Lipinski definition) is 2. The average Bonchev–Trinajstić information content (AvgIpc) is 2.76. The van der Waals surface area contributed by atoms with Crippen LogP contribution in [0.2, 0.25) is 5.02 Å². The van der Waals surface area contributed by atoms with E-state index in [2.05, 4.69) is 0 Å². The molecule has 1 atom stereocenters. The number of carbonyl (C=O) groups excluding carboxylic acids is 1. The number of nitrogen functional groups attached to an aromatic ring is 1. The predicted octanol–water partition coefficient (Wildman–Crippen LogP) is 3.22. The molecular formula is C16H15ClN2O2. The van der Waals surface area contributed by atoms with Crippen LogP contribution in [0.1, 0.15) is 22.8 Å². The first kappa shape index (κ1) is 13.8. The van der Waals surface area contributed by atoms with Crippen molar-refractivity contribution in [1.82, 2.24) is 0 Å². The Morgan fingerprint density at radius 3 is 2.81 bits per heavy atom. The van der Waals surface area contributed by atoms with E-state index in [1.807, 2.05) is 19.1 Å². The summed E-state index contributed by atoms with van der Waals surface area (Å²) >= 11 is 5.88. The van der Waals surface area contributed by atoms with Gasteiger partial charge in [0.05, 0.1) is 5.02 Å². The molecule has 0 spiro atoms. The van der Waals surface area contributed by atoms with Gasteiger partial charge >= 0.3 is 0 Å². The number of carbonyl (C=O) groups is 1. The summed E-state index contributed by atoms with van der Waals surface area (Å²) in [4.78, 5) is 14.5. The zero-order valence-electron chi connectivity index (χ0n) is 11.5. The van der Waals surface area contributed by atoms with Crippen LogP contribution in [0, 0.1) is 0 Å². The van der Waals surface area contributed by atoms with Gasteiger partial charge < -0.3 is 15.7 Å². The minimum atomic E-state index is -0.132. The summed E-state index contributed by atoms with van der Waals surface area (Å²) in [5.74, 6) is -0.163. The molecule has 1 heterocycles. The zero-order chi connectivity index (χ0) is 15.1. The molecule has 0 aromatic heterocycles. The van der Waals surface area contributed by atoms with Crippen LogP contribution in [0.5, 0.6) is 5.75 Å². The molecule has 4 nitrogen and oxygen atoms in total. The zero-order valence-corrected chi connectivity index (χ0v) is 12.3. The maximum atomic E-state index is 12.7. The highest BCUT2D eigenvalue weighted by Crippen LogP contribution is 2.35. The van der Waals surface area contributed by atoms with Crippen LogP contribution in [0.4, 0.5) is 11.4 Å². The highest BCUT2D eigenvalue weighted by atomic mass is 35.5. The summed E-state index contributed by atoms with van der Waals surface area (Å²) in [6.45, 7) is 2.00. The van der Waals surface area contributed by atoms with Crippen LogP contribution in [-0.2, 0) is 6.42 Å². The SMILES string of the molecule is CC1Cc2cc(N)ccc2N1C(=O)c1ccc(O)c(Cl)c1. The summed E-state index contributed by atoms with van der Waals surface area (Å²) in [6, 6.07) is 10.1. The van der Waals surface area contributed by atoms with Crippen molar-refractivity contribution in [3.63, 3.8) is 0 Å². The Kier molecular flexibility index (Phi) is 3.26. The minimum Gasteiger partial charge on any atom is -0.506 e. The summed E-state index contributed by atoms with van der Waals surface area (Å²) in [6.07, 6.45) is 0.776. The second-order valence-electron chi connectivity index (χ2n) is 5.28. The number of nitrogens with two attached hydrogens (primary N) is 1. The van der Waals surface area contributed by atoms with Crippen LogP contribution in [0.3, 0.4) is 0 Å². The Morgan fingerprint density at radius 1 is 1.33 bits per heavy atom. The quantitative estimate of drug-likeness (QED) is 0.795. The van der Waals surface area contributed by atoms with Gasteiger partial charge in [0.1, 0.15) is 5.75 Å². The highest BCUT2D eigenvalue weighted by Gasteiger charge is 2.31. The molecule has 1 aliphatic rings. The second-order valence-corrected chi connectivity index (χ2v) is 5.69. The van der Waals surface area contributed by atoms with Gasteiger partial charge in [-0.1, -0.05) is 11.6 Å². The molecule has 3 rings (SSSR count). The fourth-order valence-corrected chi connectivity index (χ4v) is 2.92. The molecule has 2 aromatic rings. The number of nitrogens with zero attached hydrogens (tertiary/aromatic N) is 1. The Bertz CT molecular complexity index is 730. The predicted molar refractivity (Wildman–Crippen MR) is 83.9 cm³/mol. The Hall–Kier alpha value is -2.20. The number of amides is 1. The highest BCUT2D eigenvalue weighted by molar-refractivity contribution is 6.32. The molecule has 1 unspecified atom stereocenters. The fraction of sp³-hybridized carbons (Fsp3) is 0.188. The molecule has 2 aromatic carbocycles. The Labute approximate surface area is 127 Å². The molecule has 21 heavy (non-hydrogen) atoms. The Morgan fingerprint density at radius 2 is 2.10 bits per heavy atom. The molecule has 0 bridgehead atoms. The lowest BCUT2D eigenvalue weighted by atomic mass is 10.1. The van der Waals surface area contributed by atoms with E-state index in [1.54, 1.807) is 17.0 Å². The maximum absolute atomic E-state index is 12.7. The third-order valence-corrected chi connectivity index (χ3v) is 4.04. The molecule has 0 radical (unpaired) electrons. The van der Waals surface area contributed by atoms with Gasteiger partial charge in [-0.2, -0.15) is 0 Å². The van der Waals surface area contributed by atoms with Crippen molar-refractivity contribution in [2.45, 2.75) is 19.4 Å². The molecule has 0 fully saturated rings. The largest absolute Gasteiger partial charge is 0.506 e. The lowest BCUT2D eigenvalue weighted by Gasteiger charge is -2.23. The number of halogens is 1. The van der Waals surface area contributed by atoms with Crippen molar-refractivity contribution < 1.29 is 9.90 Å². The number of hydrogen-bond acceptors (Lipinski definition) is 3. The van der Waals surface area contributed by atoms with Crippen LogP contribution in [-0.4, -0.2) is 17.1 Å². The summed E-state index contributed by atoms with van der Waals surface area (Å²) in [5.41, 5.74) is 8.90. The summed E-state index contributed by atoms with van der Waals surface area (Å²) in [7, 11) is 0. The van der Waals surface area contributed by atoms with Crippen molar-refractivity contribution >= 4 is 28.9 Å². The van der Waals surface area contributed by atoms with Crippen molar-refractivity contribution in [2.24, 2.45) is 0 Å². The molecule has 3 N–H and O–H groups in total. The molecule has 108 valence electrons. The fourth-order valence-electron chi connectivity index (χ4n) is 2.74. The van der Waals surface area contributed by atoms with Crippen LogP contribution < -0.4 is 10.6 Å². The van der Waals surface area contributed by atoms with Gasteiger partial charge in [-0.25, -0.2) is 0 Å². The Balaban J connectivity index is 2.00. The van der Waals surface area contributed by atoms with Gasteiger partial charge in [0.25, 0.3) is 5.91 Å². The van der Waals surface area contributed by atoms with Crippen molar-refractivity contribution in [1.29, 1.82) is 0 Å². The van der Waals surface area contributed by atoms with Crippen molar-refractivity contribution in [3.05, 3.63) is 52.5 Å². The van der Waals surface area contributed by atoms with E-state index in [0.29, 0.717) is 11.3 Å². The first-order valence-electron chi connectivity index (χ1n) is 6.68. The van der Waals surface area contributed by atoms with E-state index in [9.17, 15) is 9.90 Å². The monoisotopic (exact) mass is 302 g/mol. The van der Waals surface area contributed by atoms with E-state index in [-0.39, 0.29) is 22.7 Å². The molecule has 5 heteroatoms. The van der Waals surface area contributed by atoms with Crippen LogP contribution in [0.25, 0.3) is 0 Å². The van der Waals surface area contributed by atoms with Gasteiger partial charge in [0.2, 0.25) is 0 Å². The van der Waals surface area contributed by atoms with Crippen LogP contribution in [0.15, 0.2) is 36.4 Å². The van der Waals surface area contributed by atoms with Gasteiger partial charge in [-0.3, -0.25) is 4.79 Å². The topological polar surface area (TPSA) is 66.6 Å². The first-order valence-corrected chi connectivity index (χ1v) is 7.05. The number of aromatic hydroxyl groups is 1.